The number of fused-ring (bicyclic) bond motifs is 1. The second-order valence-corrected chi connectivity index (χ2v) is 9.05. The highest BCUT2D eigenvalue weighted by Gasteiger charge is 2.18. The molecule has 0 unspecified atom stereocenters. The molecule has 0 aliphatic rings. The minimum absolute atomic E-state index is 0.251. The normalized spacial score (nSPS) is 11.5. The maximum Gasteiger partial charge on any atom is 0.335 e. The Balaban J connectivity index is 1.67. The maximum absolute atomic E-state index is 11.3. The molecule has 176 valence electrons. The van der Waals surface area contributed by atoms with Crippen molar-refractivity contribution in [3.05, 3.63) is 89.3 Å². The molecule has 1 aromatic carbocycles. The number of benzene rings is 1. The van der Waals surface area contributed by atoms with Crippen molar-refractivity contribution in [3.63, 3.8) is 0 Å². The van der Waals surface area contributed by atoms with Crippen molar-refractivity contribution < 1.29 is 14.4 Å². The molecule has 35 heavy (non-hydrogen) atoms. The van der Waals surface area contributed by atoms with Crippen molar-refractivity contribution >= 4 is 17.0 Å². The summed E-state index contributed by atoms with van der Waals surface area (Å²) in [6.45, 7) is 8.67. The zero-order chi connectivity index (χ0) is 24.7. The van der Waals surface area contributed by atoms with Gasteiger partial charge in [-0.1, -0.05) is 37.2 Å². The molecule has 5 aromatic rings. The van der Waals surface area contributed by atoms with Crippen LogP contribution in [0.15, 0.2) is 65.4 Å². The summed E-state index contributed by atoms with van der Waals surface area (Å²) >= 11 is 0. The molecule has 0 bridgehead atoms. The summed E-state index contributed by atoms with van der Waals surface area (Å²) in [5.74, 6) is 0.141. The Hall–Kier alpha value is -4.26. The molecule has 0 atom stereocenters. The third kappa shape index (κ3) is 4.21. The minimum atomic E-state index is -0.947. The molecular weight excluding hydrogens is 440 g/mol. The van der Waals surface area contributed by atoms with Gasteiger partial charge in [-0.05, 0) is 55.7 Å². The van der Waals surface area contributed by atoms with Gasteiger partial charge in [0.1, 0.15) is 5.76 Å². The van der Waals surface area contributed by atoms with Gasteiger partial charge in [0.05, 0.1) is 34.5 Å². The molecular formula is C28H26N4O3. The Kier molecular flexibility index (Phi) is 5.68. The quantitative estimate of drug-likeness (QED) is 0.318. The molecule has 5 rings (SSSR count). The third-order valence-electron chi connectivity index (χ3n) is 6.23. The van der Waals surface area contributed by atoms with Gasteiger partial charge >= 0.3 is 5.97 Å². The van der Waals surface area contributed by atoms with E-state index < -0.39 is 5.97 Å². The van der Waals surface area contributed by atoms with E-state index in [0.29, 0.717) is 12.5 Å². The van der Waals surface area contributed by atoms with Crippen molar-refractivity contribution in [2.75, 3.05) is 0 Å². The number of aromatic nitrogens is 4. The summed E-state index contributed by atoms with van der Waals surface area (Å²) in [4.78, 5) is 21.0. The van der Waals surface area contributed by atoms with Crippen LogP contribution in [0.3, 0.4) is 0 Å². The van der Waals surface area contributed by atoms with E-state index in [1.165, 1.54) is 0 Å². The molecule has 0 saturated carbocycles. The van der Waals surface area contributed by atoms with E-state index in [1.807, 2.05) is 44.3 Å². The Morgan fingerprint density at radius 2 is 1.86 bits per heavy atom. The fourth-order valence-corrected chi connectivity index (χ4v) is 4.41. The lowest BCUT2D eigenvalue weighted by atomic mass is 10.0. The molecule has 4 heterocycles. The molecule has 0 spiro atoms. The number of carboxylic acids is 1. The molecule has 0 saturated heterocycles. The van der Waals surface area contributed by atoms with Gasteiger partial charge in [-0.3, -0.25) is 9.97 Å². The minimum Gasteiger partial charge on any atom is -0.478 e. The van der Waals surface area contributed by atoms with Gasteiger partial charge in [0.2, 0.25) is 0 Å². The van der Waals surface area contributed by atoms with Crippen molar-refractivity contribution in [1.29, 1.82) is 0 Å². The summed E-state index contributed by atoms with van der Waals surface area (Å²) in [7, 11) is 0. The van der Waals surface area contributed by atoms with Crippen LogP contribution in [0.2, 0.25) is 0 Å². The van der Waals surface area contributed by atoms with Crippen LogP contribution in [-0.4, -0.2) is 30.8 Å². The smallest absolute Gasteiger partial charge is 0.335 e. The summed E-state index contributed by atoms with van der Waals surface area (Å²) in [6.07, 6.45) is 3.90. The fraction of sp³-hybridized carbons (Fsp3) is 0.214. The van der Waals surface area contributed by atoms with Crippen LogP contribution in [0.25, 0.3) is 33.3 Å². The van der Waals surface area contributed by atoms with Gasteiger partial charge in [0.15, 0.2) is 0 Å². The van der Waals surface area contributed by atoms with Crippen LogP contribution in [-0.2, 0) is 6.54 Å². The van der Waals surface area contributed by atoms with Crippen LogP contribution in [0, 0.1) is 13.8 Å². The monoisotopic (exact) mass is 466 g/mol. The summed E-state index contributed by atoms with van der Waals surface area (Å²) < 4.78 is 7.54. The Morgan fingerprint density at radius 1 is 1.09 bits per heavy atom. The molecule has 0 radical (unpaired) electrons. The number of carboxylic acid groups (broad SMARTS) is 1. The lowest BCUT2D eigenvalue weighted by molar-refractivity contribution is 0.0697. The van der Waals surface area contributed by atoms with Gasteiger partial charge < -0.3 is 14.2 Å². The molecule has 1 N–H and O–H groups in total. The molecule has 4 aromatic heterocycles. The second kappa shape index (κ2) is 8.83. The van der Waals surface area contributed by atoms with Crippen LogP contribution in [0.4, 0.5) is 0 Å². The predicted molar refractivity (Wildman–Crippen MR) is 135 cm³/mol. The number of carbonyl (C=O) groups is 1. The summed E-state index contributed by atoms with van der Waals surface area (Å²) in [6, 6.07) is 15.1. The van der Waals surface area contributed by atoms with Crippen molar-refractivity contribution in [2.24, 2.45) is 0 Å². The highest BCUT2D eigenvalue weighted by Crippen LogP contribution is 2.34. The number of aromatic carboxylic acids is 1. The van der Waals surface area contributed by atoms with Gasteiger partial charge in [-0.2, -0.15) is 0 Å². The van der Waals surface area contributed by atoms with E-state index in [2.05, 4.69) is 41.9 Å². The number of rotatable bonds is 6. The Morgan fingerprint density at radius 3 is 2.51 bits per heavy atom. The highest BCUT2D eigenvalue weighted by molar-refractivity contribution is 5.96. The van der Waals surface area contributed by atoms with Crippen LogP contribution >= 0.6 is 0 Å². The predicted octanol–water partition coefficient (Wildman–Crippen LogP) is 6.24. The van der Waals surface area contributed by atoms with Gasteiger partial charge in [0, 0.05) is 34.8 Å². The zero-order valence-electron chi connectivity index (χ0n) is 20.1. The molecule has 7 heteroatoms. The van der Waals surface area contributed by atoms with Gasteiger partial charge in [0.25, 0.3) is 0 Å². The highest BCUT2D eigenvalue weighted by atomic mass is 16.5. The number of aryl methyl sites for hydroxylation is 2. The largest absolute Gasteiger partial charge is 0.478 e. The van der Waals surface area contributed by atoms with E-state index in [-0.39, 0.29) is 5.56 Å². The number of hydrogen-bond acceptors (Lipinski definition) is 5. The van der Waals surface area contributed by atoms with Crippen LogP contribution in [0.5, 0.6) is 0 Å². The van der Waals surface area contributed by atoms with E-state index in [1.54, 1.807) is 12.1 Å². The first kappa shape index (κ1) is 22.5. The average molecular weight is 467 g/mol. The first-order valence-corrected chi connectivity index (χ1v) is 11.5. The van der Waals surface area contributed by atoms with Crippen molar-refractivity contribution in [1.82, 2.24) is 19.7 Å². The van der Waals surface area contributed by atoms with Crippen LogP contribution < -0.4 is 0 Å². The number of nitrogens with zero attached hydrogens (tertiary/aromatic N) is 4. The molecule has 0 aliphatic carbocycles. The first-order chi connectivity index (χ1) is 16.8. The SMILES string of the molecule is Cc1noc(C)c1-c1cnc2c(-c3ccc(C(=O)O)cc3)cn(Cc3cccc(C(C)C)n3)c2c1. The van der Waals surface area contributed by atoms with Gasteiger partial charge in [-0.15, -0.1) is 0 Å². The van der Waals surface area contributed by atoms with Crippen molar-refractivity contribution in [3.8, 4) is 22.3 Å². The Labute approximate surface area is 203 Å². The van der Waals surface area contributed by atoms with Gasteiger partial charge in [-0.25, -0.2) is 4.79 Å². The topological polar surface area (TPSA) is 94.0 Å². The molecule has 0 aliphatic heterocycles. The third-order valence-corrected chi connectivity index (χ3v) is 6.23. The second-order valence-electron chi connectivity index (χ2n) is 9.05. The van der Waals surface area contributed by atoms with E-state index >= 15 is 0 Å². The Bertz CT molecular complexity index is 1530. The standard InChI is InChI=1S/C28H26N4O3/c1-16(2)24-7-5-6-22(30-24)14-32-15-23(19-8-10-20(11-9-19)28(33)34)27-25(32)12-21(13-29-27)26-17(3)31-35-18(26)4/h5-13,15-16H,14H2,1-4H3,(H,33,34). The molecule has 7 nitrogen and oxygen atoms in total. The summed E-state index contributed by atoms with van der Waals surface area (Å²) in [5.41, 5.74) is 8.59. The first-order valence-electron chi connectivity index (χ1n) is 11.5. The lowest BCUT2D eigenvalue weighted by Crippen LogP contribution is -2.03. The van der Waals surface area contributed by atoms with E-state index in [4.69, 9.17) is 14.5 Å². The summed E-state index contributed by atoms with van der Waals surface area (Å²) in [5, 5.41) is 13.4. The zero-order valence-corrected chi connectivity index (χ0v) is 20.1. The maximum atomic E-state index is 11.3. The number of pyridine rings is 2. The fourth-order valence-electron chi connectivity index (χ4n) is 4.41. The van der Waals surface area contributed by atoms with Crippen molar-refractivity contribution in [2.45, 2.75) is 40.2 Å². The van der Waals surface area contributed by atoms with E-state index in [0.717, 1.165) is 56.1 Å². The molecule has 0 fully saturated rings. The average Bonchev–Trinajstić information content (AvgIpc) is 3.38. The van der Waals surface area contributed by atoms with E-state index in [9.17, 15) is 9.90 Å². The van der Waals surface area contributed by atoms with Crippen LogP contribution in [0.1, 0.15) is 53.0 Å². The number of hydrogen-bond donors (Lipinski definition) is 1. The molecule has 0 amide bonds. The lowest BCUT2D eigenvalue weighted by Gasteiger charge is -2.09.